The highest BCUT2D eigenvalue weighted by atomic mass is 32.1. The minimum absolute atomic E-state index is 0.222. The summed E-state index contributed by atoms with van der Waals surface area (Å²) in [4.78, 5) is 26.3. The van der Waals surface area contributed by atoms with Crippen LogP contribution < -0.4 is 10.1 Å². The first kappa shape index (κ1) is 29.8. The lowest BCUT2D eigenvalue weighted by atomic mass is 9.74. The van der Waals surface area contributed by atoms with Crippen molar-refractivity contribution in [2.75, 3.05) is 20.3 Å². The zero-order valence-electron chi connectivity index (χ0n) is 22.7. The lowest BCUT2D eigenvalue weighted by molar-refractivity contribution is -0.143. The number of amides is 1. The Bertz CT molecular complexity index is 1050. The third-order valence-electron chi connectivity index (χ3n) is 6.90. The fraction of sp³-hybridized carbons (Fsp3) is 0.571. The van der Waals surface area contributed by atoms with Gasteiger partial charge in [0.25, 0.3) is 5.91 Å². The highest BCUT2D eigenvalue weighted by Gasteiger charge is 2.35. The van der Waals surface area contributed by atoms with Crippen molar-refractivity contribution in [3.63, 3.8) is 0 Å². The molecule has 2 atom stereocenters. The molecule has 0 bridgehead atoms. The van der Waals surface area contributed by atoms with Gasteiger partial charge in [-0.3, -0.25) is 4.79 Å². The van der Waals surface area contributed by atoms with Crippen molar-refractivity contribution in [1.29, 1.82) is 0 Å². The molecule has 0 aliphatic rings. The number of aryl methyl sites for hydroxylation is 2. The van der Waals surface area contributed by atoms with Gasteiger partial charge in [-0.1, -0.05) is 46.8 Å². The zero-order valence-corrected chi connectivity index (χ0v) is 23.5. The molecule has 1 aromatic carbocycles. The number of rotatable bonds is 11. The summed E-state index contributed by atoms with van der Waals surface area (Å²) in [6.45, 7) is 13.8. The molecule has 8 heteroatoms. The molecule has 1 heterocycles. The Balaban J connectivity index is 2.37. The lowest BCUT2D eigenvalue weighted by Crippen LogP contribution is -2.43. The summed E-state index contributed by atoms with van der Waals surface area (Å²) in [5.74, 6) is -0.361. The van der Waals surface area contributed by atoms with Crippen molar-refractivity contribution in [2.24, 2.45) is 5.41 Å². The second-order valence-electron chi connectivity index (χ2n) is 10.3. The maximum atomic E-state index is 12.9. The van der Waals surface area contributed by atoms with E-state index in [-0.39, 0.29) is 17.4 Å². The Morgan fingerprint density at radius 3 is 2.22 bits per heavy atom. The van der Waals surface area contributed by atoms with E-state index < -0.39 is 30.6 Å². The number of hydrogen-bond acceptors (Lipinski definition) is 7. The molecule has 1 unspecified atom stereocenters. The van der Waals surface area contributed by atoms with Crippen LogP contribution in [0.5, 0.6) is 5.75 Å². The Morgan fingerprint density at radius 2 is 1.72 bits per heavy atom. The van der Waals surface area contributed by atoms with Crippen molar-refractivity contribution in [2.45, 2.75) is 78.9 Å². The first-order valence-electron chi connectivity index (χ1n) is 12.4. The van der Waals surface area contributed by atoms with Crippen LogP contribution in [0.15, 0.2) is 24.3 Å². The van der Waals surface area contributed by atoms with Crippen molar-refractivity contribution in [3.8, 4) is 5.75 Å². The zero-order chi connectivity index (χ0) is 27.3. The Morgan fingerprint density at radius 1 is 1.08 bits per heavy atom. The number of methoxy groups -OCH3 is 1. The van der Waals surface area contributed by atoms with E-state index in [0.29, 0.717) is 4.88 Å². The molecule has 0 aliphatic heterocycles. The highest BCUT2D eigenvalue weighted by Crippen LogP contribution is 2.44. The van der Waals surface area contributed by atoms with E-state index in [9.17, 15) is 19.8 Å². The molecule has 2 aromatic rings. The Labute approximate surface area is 218 Å². The summed E-state index contributed by atoms with van der Waals surface area (Å²) in [5, 5.41) is 22.4. The van der Waals surface area contributed by atoms with Gasteiger partial charge in [-0.05, 0) is 60.9 Å². The fourth-order valence-corrected chi connectivity index (χ4v) is 5.59. The van der Waals surface area contributed by atoms with Crippen molar-refractivity contribution >= 4 is 23.2 Å². The van der Waals surface area contributed by atoms with Crippen LogP contribution in [0, 0.1) is 19.3 Å². The minimum Gasteiger partial charge on any atom is -0.491 e. The lowest BCUT2D eigenvalue weighted by Gasteiger charge is -2.32. The van der Waals surface area contributed by atoms with E-state index in [1.807, 2.05) is 46.8 Å². The number of aliphatic hydroxyl groups is 2. The molecule has 200 valence electrons. The van der Waals surface area contributed by atoms with Crippen LogP contribution in [-0.2, 0) is 14.9 Å². The second kappa shape index (κ2) is 12.2. The van der Waals surface area contributed by atoms with E-state index in [1.165, 1.54) is 18.4 Å². The van der Waals surface area contributed by atoms with Crippen LogP contribution in [0.2, 0.25) is 0 Å². The number of hydrogen-bond donors (Lipinski definition) is 3. The molecule has 0 radical (unpaired) electrons. The third-order valence-corrected chi connectivity index (χ3v) is 8.34. The smallest absolute Gasteiger partial charge is 0.330 e. The SMILES string of the molecule is CCC(CC)(c1ccc(OCC(O)C(C)(C)C)c(C)c1)c1cc(C)c(C(=O)N[C@@H](CO)C(=O)OC)s1. The predicted molar refractivity (Wildman–Crippen MR) is 143 cm³/mol. The number of thiophene rings is 1. The summed E-state index contributed by atoms with van der Waals surface area (Å²) in [7, 11) is 1.22. The number of aliphatic hydroxyl groups excluding tert-OH is 2. The van der Waals surface area contributed by atoms with E-state index in [4.69, 9.17) is 4.74 Å². The maximum absolute atomic E-state index is 12.9. The summed E-state index contributed by atoms with van der Waals surface area (Å²) < 4.78 is 10.6. The normalized spacial score (nSPS) is 13.7. The van der Waals surface area contributed by atoms with Gasteiger partial charge in [0.15, 0.2) is 6.04 Å². The summed E-state index contributed by atoms with van der Waals surface area (Å²) in [5.41, 5.74) is 2.36. The van der Waals surface area contributed by atoms with E-state index in [2.05, 4.69) is 36.0 Å². The van der Waals surface area contributed by atoms with Gasteiger partial charge in [-0.25, -0.2) is 4.79 Å². The van der Waals surface area contributed by atoms with Crippen molar-refractivity contribution < 1.29 is 29.3 Å². The second-order valence-corrected chi connectivity index (χ2v) is 11.4. The van der Waals surface area contributed by atoms with E-state index in [1.54, 1.807) is 0 Å². The fourth-order valence-electron chi connectivity index (χ4n) is 4.17. The molecule has 36 heavy (non-hydrogen) atoms. The first-order valence-corrected chi connectivity index (χ1v) is 13.2. The largest absolute Gasteiger partial charge is 0.491 e. The van der Waals surface area contributed by atoms with Crippen LogP contribution in [0.4, 0.5) is 0 Å². The van der Waals surface area contributed by atoms with Gasteiger partial charge >= 0.3 is 5.97 Å². The summed E-state index contributed by atoms with van der Waals surface area (Å²) in [6, 6.07) is 7.07. The number of ether oxygens (including phenoxy) is 2. The van der Waals surface area contributed by atoms with E-state index >= 15 is 0 Å². The van der Waals surface area contributed by atoms with Crippen molar-refractivity contribution in [1.82, 2.24) is 5.32 Å². The molecule has 3 N–H and O–H groups in total. The van der Waals surface area contributed by atoms with Gasteiger partial charge in [-0.15, -0.1) is 11.3 Å². The number of carbonyl (C=O) groups is 2. The number of esters is 1. The average Bonchev–Trinajstić information content (AvgIpc) is 3.23. The average molecular weight is 520 g/mol. The minimum atomic E-state index is -1.11. The van der Waals surface area contributed by atoms with Crippen LogP contribution in [0.25, 0.3) is 0 Å². The molecular formula is C28H41NO6S. The first-order chi connectivity index (χ1) is 16.8. The monoisotopic (exact) mass is 519 g/mol. The number of carbonyl (C=O) groups excluding carboxylic acids is 2. The summed E-state index contributed by atoms with van der Waals surface area (Å²) >= 11 is 1.41. The highest BCUT2D eigenvalue weighted by molar-refractivity contribution is 7.14. The third kappa shape index (κ3) is 6.47. The molecule has 1 amide bonds. The Kier molecular flexibility index (Phi) is 10.1. The molecule has 0 spiro atoms. The number of benzene rings is 1. The number of nitrogens with one attached hydrogen (secondary N) is 1. The molecule has 0 saturated carbocycles. The quantitative estimate of drug-likeness (QED) is 0.377. The van der Waals surface area contributed by atoms with Gasteiger partial charge in [0.05, 0.1) is 24.7 Å². The molecule has 0 saturated heterocycles. The van der Waals surface area contributed by atoms with Crippen LogP contribution in [0.1, 0.15) is 78.7 Å². The van der Waals surface area contributed by atoms with Gasteiger partial charge in [0.1, 0.15) is 12.4 Å². The molecule has 2 rings (SSSR count). The van der Waals surface area contributed by atoms with E-state index in [0.717, 1.165) is 40.2 Å². The Hall–Kier alpha value is -2.42. The topological polar surface area (TPSA) is 105 Å². The van der Waals surface area contributed by atoms with Gasteiger partial charge in [0, 0.05) is 10.3 Å². The van der Waals surface area contributed by atoms with Gasteiger partial charge < -0.3 is 25.0 Å². The predicted octanol–water partition coefficient (Wildman–Crippen LogP) is 4.52. The maximum Gasteiger partial charge on any atom is 0.330 e. The van der Waals surface area contributed by atoms with Gasteiger partial charge in [-0.2, -0.15) is 0 Å². The molecular weight excluding hydrogens is 478 g/mol. The molecule has 7 nitrogen and oxygen atoms in total. The van der Waals surface area contributed by atoms with Crippen LogP contribution in [0.3, 0.4) is 0 Å². The van der Waals surface area contributed by atoms with Crippen LogP contribution in [-0.4, -0.2) is 54.6 Å². The van der Waals surface area contributed by atoms with Crippen LogP contribution >= 0.6 is 11.3 Å². The molecule has 0 fully saturated rings. The summed E-state index contributed by atoms with van der Waals surface area (Å²) in [6.07, 6.45) is 1.08. The van der Waals surface area contributed by atoms with Crippen molar-refractivity contribution in [3.05, 3.63) is 50.7 Å². The molecule has 1 aromatic heterocycles. The molecule has 0 aliphatic carbocycles. The van der Waals surface area contributed by atoms with Gasteiger partial charge in [0.2, 0.25) is 0 Å². The standard InChI is InChI=1S/C28H41NO6S/c1-9-28(10-2,19-11-12-21(17(3)13-19)35-16-22(31)27(5,6)7)23-14-18(4)24(36-23)25(32)29-20(15-30)26(33)34-8/h11-14,20,22,30-31H,9-10,15-16H2,1-8H3,(H,29,32)/t20-,22?/m0/s1.